The number of aromatic hydroxyl groups is 1. The number of para-hydroxylation sites is 1. The first kappa shape index (κ1) is 27.7. The minimum atomic E-state index is -0.0538. The number of hydrogen-bond donors (Lipinski definition) is 1. The van der Waals surface area contributed by atoms with Gasteiger partial charge in [-0.2, -0.15) is 0 Å². The first-order valence-electron chi connectivity index (χ1n) is 13.3. The van der Waals surface area contributed by atoms with Gasteiger partial charge in [0.25, 0.3) is 0 Å². The van der Waals surface area contributed by atoms with E-state index in [1.165, 1.54) is 96.3 Å². The van der Waals surface area contributed by atoms with Crippen LogP contribution >= 0.6 is 0 Å². The van der Waals surface area contributed by atoms with Crippen molar-refractivity contribution in [3.8, 4) is 5.75 Å². The summed E-state index contributed by atoms with van der Waals surface area (Å²) in [6, 6.07) is 5.96. The van der Waals surface area contributed by atoms with E-state index in [1.807, 2.05) is 24.4 Å². The van der Waals surface area contributed by atoms with Crippen LogP contribution in [0.15, 0.2) is 23.2 Å². The van der Waals surface area contributed by atoms with Crippen LogP contribution in [-0.2, 0) is 5.41 Å². The molecule has 0 saturated heterocycles. The molecule has 1 N–H and O–H groups in total. The molecule has 0 radical (unpaired) electrons. The highest BCUT2D eigenvalue weighted by molar-refractivity contribution is 5.84. The van der Waals surface area contributed by atoms with Gasteiger partial charge in [0.1, 0.15) is 5.75 Å². The fourth-order valence-corrected chi connectivity index (χ4v) is 4.18. The second-order valence-electron chi connectivity index (χ2n) is 10.3. The summed E-state index contributed by atoms with van der Waals surface area (Å²) in [5.41, 5.74) is 1.77. The Morgan fingerprint density at radius 3 is 1.61 bits per heavy atom. The molecule has 0 atom stereocenters. The van der Waals surface area contributed by atoms with Crippen molar-refractivity contribution in [3.05, 3.63) is 29.3 Å². The SMILES string of the molecule is CCCCCCCCCCCCCCCCCCN=Cc1cccc(C(C)(C)C)c1O. The summed E-state index contributed by atoms with van der Waals surface area (Å²) < 4.78 is 0. The fourth-order valence-electron chi connectivity index (χ4n) is 4.18. The summed E-state index contributed by atoms with van der Waals surface area (Å²) in [7, 11) is 0. The van der Waals surface area contributed by atoms with Gasteiger partial charge in [-0.15, -0.1) is 0 Å². The molecule has 0 aliphatic heterocycles. The maximum absolute atomic E-state index is 10.5. The minimum Gasteiger partial charge on any atom is -0.507 e. The molecule has 0 heterocycles. The van der Waals surface area contributed by atoms with Crippen LogP contribution in [0.4, 0.5) is 0 Å². The van der Waals surface area contributed by atoms with Crippen LogP contribution in [0.2, 0.25) is 0 Å². The molecule has 1 rings (SSSR count). The summed E-state index contributed by atoms with van der Waals surface area (Å²) in [5, 5.41) is 10.5. The largest absolute Gasteiger partial charge is 0.507 e. The average Bonchev–Trinajstić information content (AvgIpc) is 2.73. The van der Waals surface area contributed by atoms with Gasteiger partial charge in [0.15, 0.2) is 0 Å². The van der Waals surface area contributed by atoms with Crippen LogP contribution in [0.5, 0.6) is 5.75 Å². The van der Waals surface area contributed by atoms with Crippen molar-refractivity contribution < 1.29 is 5.11 Å². The van der Waals surface area contributed by atoms with E-state index in [9.17, 15) is 5.11 Å². The molecule has 1 aromatic carbocycles. The third kappa shape index (κ3) is 13.7. The van der Waals surface area contributed by atoms with Gasteiger partial charge in [-0.25, -0.2) is 0 Å². The lowest BCUT2D eigenvalue weighted by molar-refractivity contribution is 0.446. The van der Waals surface area contributed by atoms with Gasteiger partial charge in [-0.05, 0) is 23.5 Å². The second-order valence-corrected chi connectivity index (χ2v) is 10.3. The van der Waals surface area contributed by atoms with Gasteiger partial charge in [-0.3, -0.25) is 4.99 Å². The molecule has 0 spiro atoms. The van der Waals surface area contributed by atoms with Crippen LogP contribution in [0.25, 0.3) is 0 Å². The maximum Gasteiger partial charge on any atom is 0.128 e. The second kappa shape index (κ2) is 17.3. The first-order chi connectivity index (χ1) is 15.0. The van der Waals surface area contributed by atoms with Crippen molar-refractivity contribution in [1.82, 2.24) is 0 Å². The highest BCUT2D eigenvalue weighted by atomic mass is 16.3. The standard InChI is InChI=1S/C29H51NO/c1-5-6-7-8-9-10-11-12-13-14-15-16-17-18-19-20-24-30-25-26-22-21-23-27(28(26)31)29(2,3)4/h21-23,25,31H,5-20,24H2,1-4H3. The lowest BCUT2D eigenvalue weighted by Crippen LogP contribution is -2.11. The Hall–Kier alpha value is -1.31. The fraction of sp³-hybridized carbons (Fsp3) is 0.759. The summed E-state index contributed by atoms with van der Waals surface area (Å²) in [6.07, 6.45) is 24.1. The minimum absolute atomic E-state index is 0.0538. The van der Waals surface area contributed by atoms with E-state index < -0.39 is 0 Å². The van der Waals surface area contributed by atoms with Crippen LogP contribution in [-0.4, -0.2) is 17.9 Å². The summed E-state index contributed by atoms with van der Waals surface area (Å²) in [6.45, 7) is 9.52. The Labute approximate surface area is 194 Å². The smallest absolute Gasteiger partial charge is 0.128 e. The molecule has 178 valence electrons. The van der Waals surface area contributed by atoms with Gasteiger partial charge in [0, 0.05) is 18.3 Å². The number of unbranched alkanes of at least 4 members (excludes halogenated alkanes) is 15. The average molecular weight is 430 g/mol. The number of aliphatic imine (C=N–C) groups is 1. The van der Waals surface area contributed by atoms with E-state index >= 15 is 0 Å². The molecule has 0 aromatic heterocycles. The normalized spacial score (nSPS) is 12.1. The zero-order valence-electron chi connectivity index (χ0n) is 21.2. The molecular formula is C29H51NO. The zero-order chi connectivity index (χ0) is 22.8. The van der Waals surface area contributed by atoms with Gasteiger partial charge in [0.05, 0.1) is 0 Å². The van der Waals surface area contributed by atoms with Crippen molar-refractivity contribution in [2.75, 3.05) is 6.54 Å². The summed E-state index contributed by atoms with van der Waals surface area (Å²) in [5.74, 6) is 0.380. The zero-order valence-corrected chi connectivity index (χ0v) is 21.2. The number of hydrogen-bond acceptors (Lipinski definition) is 2. The Balaban J connectivity index is 1.95. The van der Waals surface area contributed by atoms with Crippen molar-refractivity contribution >= 4 is 6.21 Å². The van der Waals surface area contributed by atoms with Gasteiger partial charge in [0.2, 0.25) is 0 Å². The van der Waals surface area contributed by atoms with Gasteiger partial charge in [-0.1, -0.05) is 136 Å². The van der Waals surface area contributed by atoms with Crippen molar-refractivity contribution in [2.45, 2.75) is 136 Å². The third-order valence-electron chi connectivity index (χ3n) is 6.25. The molecule has 0 aliphatic carbocycles. The lowest BCUT2D eigenvalue weighted by Gasteiger charge is -2.21. The van der Waals surface area contributed by atoms with Crippen LogP contribution in [0, 0.1) is 0 Å². The Morgan fingerprint density at radius 1 is 0.710 bits per heavy atom. The monoisotopic (exact) mass is 429 g/mol. The van der Waals surface area contributed by atoms with Crippen molar-refractivity contribution in [1.29, 1.82) is 0 Å². The van der Waals surface area contributed by atoms with E-state index in [4.69, 9.17) is 0 Å². The first-order valence-corrected chi connectivity index (χ1v) is 13.3. The molecule has 0 aliphatic rings. The molecule has 2 heteroatoms. The molecule has 0 amide bonds. The van der Waals surface area contributed by atoms with Crippen molar-refractivity contribution in [2.24, 2.45) is 4.99 Å². The van der Waals surface area contributed by atoms with E-state index in [-0.39, 0.29) is 5.41 Å². The molecule has 0 saturated carbocycles. The predicted molar refractivity (Wildman–Crippen MR) is 139 cm³/mol. The Bertz CT molecular complexity index is 585. The predicted octanol–water partition coefficient (Wildman–Crippen LogP) is 9.37. The number of nitrogens with zero attached hydrogens (tertiary/aromatic N) is 1. The van der Waals surface area contributed by atoms with Gasteiger partial charge >= 0.3 is 0 Å². The molecule has 0 fully saturated rings. The van der Waals surface area contributed by atoms with Crippen LogP contribution in [0.3, 0.4) is 0 Å². The number of phenolic OH excluding ortho intramolecular Hbond substituents is 1. The third-order valence-corrected chi connectivity index (χ3v) is 6.25. The van der Waals surface area contributed by atoms with E-state index in [0.717, 1.165) is 24.1 Å². The van der Waals surface area contributed by atoms with Crippen LogP contribution in [0.1, 0.15) is 142 Å². The van der Waals surface area contributed by atoms with Crippen molar-refractivity contribution in [3.63, 3.8) is 0 Å². The number of benzene rings is 1. The lowest BCUT2D eigenvalue weighted by atomic mass is 9.85. The number of rotatable bonds is 18. The molecule has 2 nitrogen and oxygen atoms in total. The maximum atomic E-state index is 10.5. The molecular weight excluding hydrogens is 378 g/mol. The molecule has 0 bridgehead atoms. The molecule has 1 aromatic rings. The van der Waals surface area contributed by atoms with E-state index in [2.05, 4.69) is 32.7 Å². The topological polar surface area (TPSA) is 32.6 Å². The van der Waals surface area contributed by atoms with Gasteiger partial charge < -0.3 is 5.11 Å². The molecule has 0 unspecified atom stereocenters. The van der Waals surface area contributed by atoms with E-state index in [0.29, 0.717) is 5.75 Å². The van der Waals surface area contributed by atoms with Crippen LogP contribution < -0.4 is 0 Å². The van der Waals surface area contributed by atoms with E-state index in [1.54, 1.807) is 0 Å². The Kier molecular flexibility index (Phi) is 15.4. The molecule has 31 heavy (non-hydrogen) atoms. The Morgan fingerprint density at radius 2 is 1.16 bits per heavy atom. The highest BCUT2D eigenvalue weighted by Crippen LogP contribution is 2.32. The number of phenols is 1. The summed E-state index contributed by atoms with van der Waals surface area (Å²) in [4.78, 5) is 4.54. The highest BCUT2D eigenvalue weighted by Gasteiger charge is 2.18. The summed E-state index contributed by atoms with van der Waals surface area (Å²) >= 11 is 0. The quantitative estimate of drug-likeness (QED) is 0.183.